The molecule has 0 fully saturated rings. The Morgan fingerprint density at radius 1 is 1.16 bits per heavy atom. The molecule has 0 aliphatic carbocycles. The quantitative estimate of drug-likeness (QED) is 0.673. The first kappa shape index (κ1) is 11.9. The molecule has 0 aliphatic heterocycles. The molecule has 19 heavy (non-hydrogen) atoms. The predicted molar refractivity (Wildman–Crippen MR) is 78.8 cm³/mol. The predicted octanol–water partition coefficient (Wildman–Crippen LogP) is 3.93. The molecule has 0 saturated heterocycles. The Balaban J connectivity index is 2.27. The van der Waals surface area contributed by atoms with Crippen molar-refractivity contribution in [3.05, 3.63) is 54.1 Å². The molecule has 92 valence electrons. The SMILES string of the molecule is N#Cn1c(-c2cccc(CBr)c2)nc2ccccc21. The summed E-state index contributed by atoms with van der Waals surface area (Å²) in [7, 11) is 0. The summed E-state index contributed by atoms with van der Waals surface area (Å²) >= 11 is 3.44. The van der Waals surface area contributed by atoms with E-state index in [1.165, 1.54) is 0 Å². The summed E-state index contributed by atoms with van der Waals surface area (Å²) in [6, 6.07) is 15.7. The first-order valence-corrected chi connectivity index (χ1v) is 6.98. The molecule has 0 atom stereocenters. The number of aromatic nitrogens is 2. The molecule has 2 aromatic carbocycles. The van der Waals surface area contributed by atoms with E-state index < -0.39 is 0 Å². The Hall–Kier alpha value is -2.12. The van der Waals surface area contributed by atoms with Gasteiger partial charge in [0.05, 0.1) is 11.0 Å². The molecular formula is C15H10BrN3. The van der Waals surface area contributed by atoms with Gasteiger partial charge in [-0.2, -0.15) is 5.26 Å². The molecule has 0 spiro atoms. The van der Waals surface area contributed by atoms with Crippen LogP contribution in [-0.2, 0) is 5.33 Å². The smallest absolute Gasteiger partial charge is 0.190 e. The fraction of sp³-hybridized carbons (Fsp3) is 0.0667. The van der Waals surface area contributed by atoms with Gasteiger partial charge < -0.3 is 0 Å². The minimum absolute atomic E-state index is 0.687. The van der Waals surface area contributed by atoms with Crippen molar-refractivity contribution in [3.8, 4) is 17.6 Å². The number of rotatable bonds is 2. The van der Waals surface area contributed by atoms with Gasteiger partial charge in [-0.3, -0.25) is 0 Å². The van der Waals surface area contributed by atoms with Gasteiger partial charge in [0, 0.05) is 10.9 Å². The summed E-state index contributed by atoms with van der Waals surface area (Å²) in [6.45, 7) is 0. The normalized spacial score (nSPS) is 10.5. The summed E-state index contributed by atoms with van der Waals surface area (Å²) < 4.78 is 1.57. The highest BCUT2D eigenvalue weighted by Gasteiger charge is 2.11. The van der Waals surface area contributed by atoms with Gasteiger partial charge in [0.1, 0.15) is 0 Å². The van der Waals surface area contributed by atoms with Crippen LogP contribution in [0.15, 0.2) is 48.5 Å². The third-order valence-electron chi connectivity index (χ3n) is 3.00. The van der Waals surface area contributed by atoms with Crippen molar-refractivity contribution in [1.82, 2.24) is 9.55 Å². The largest absolute Gasteiger partial charge is 0.228 e. The number of nitrogens with zero attached hydrogens (tertiary/aromatic N) is 3. The molecule has 0 unspecified atom stereocenters. The lowest BCUT2D eigenvalue weighted by atomic mass is 10.1. The maximum atomic E-state index is 9.36. The summed E-state index contributed by atoms with van der Waals surface area (Å²) in [5.74, 6) is 0.687. The molecule has 0 amide bonds. The Morgan fingerprint density at radius 3 is 2.79 bits per heavy atom. The summed E-state index contributed by atoms with van der Waals surface area (Å²) in [5, 5.41) is 10.1. The molecule has 0 saturated carbocycles. The standard InChI is InChI=1S/C15H10BrN3/c16-9-11-4-3-5-12(8-11)15-18-13-6-1-2-7-14(13)19(15)10-17/h1-8H,9H2. The van der Waals surface area contributed by atoms with Gasteiger partial charge in [-0.15, -0.1) is 0 Å². The van der Waals surface area contributed by atoms with E-state index in [9.17, 15) is 5.26 Å². The zero-order valence-corrected chi connectivity index (χ0v) is 11.6. The zero-order valence-electron chi connectivity index (χ0n) is 10.0. The number of hydrogen-bond donors (Lipinski definition) is 0. The van der Waals surface area contributed by atoms with E-state index in [1.807, 2.05) is 48.5 Å². The maximum Gasteiger partial charge on any atom is 0.190 e. The van der Waals surface area contributed by atoms with Crippen molar-refractivity contribution in [2.45, 2.75) is 5.33 Å². The van der Waals surface area contributed by atoms with E-state index >= 15 is 0 Å². The molecule has 3 nitrogen and oxygen atoms in total. The van der Waals surface area contributed by atoms with Crippen molar-refractivity contribution in [2.24, 2.45) is 0 Å². The van der Waals surface area contributed by atoms with Gasteiger partial charge in [-0.05, 0) is 23.8 Å². The molecule has 0 aliphatic rings. The Kier molecular flexibility index (Phi) is 3.06. The third kappa shape index (κ3) is 2.02. The average molecular weight is 312 g/mol. The molecule has 0 bridgehead atoms. The van der Waals surface area contributed by atoms with Crippen LogP contribution in [0, 0.1) is 11.5 Å². The summed E-state index contributed by atoms with van der Waals surface area (Å²) in [5.41, 5.74) is 3.79. The van der Waals surface area contributed by atoms with E-state index in [1.54, 1.807) is 4.57 Å². The van der Waals surface area contributed by atoms with Gasteiger partial charge in [0.15, 0.2) is 12.0 Å². The van der Waals surface area contributed by atoms with Crippen LogP contribution in [0.1, 0.15) is 5.56 Å². The van der Waals surface area contributed by atoms with Crippen LogP contribution in [0.25, 0.3) is 22.4 Å². The second-order valence-electron chi connectivity index (χ2n) is 4.19. The van der Waals surface area contributed by atoms with Crippen molar-refractivity contribution in [2.75, 3.05) is 0 Å². The fourth-order valence-corrected chi connectivity index (χ4v) is 2.46. The Bertz CT molecular complexity index is 783. The molecule has 0 radical (unpaired) electrons. The topological polar surface area (TPSA) is 41.6 Å². The van der Waals surface area contributed by atoms with Gasteiger partial charge in [-0.25, -0.2) is 9.55 Å². The number of benzene rings is 2. The third-order valence-corrected chi connectivity index (χ3v) is 3.65. The molecule has 1 aromatic heterocycles. The van der Waals surface area contributed by atoms with Crippen LogP contribution < -0.4 is 0 Å². The molecule has 3 aromatic rings. The number of imidazole rings is 1. The van der Waals surface area contributed by atoms with Crippen LogP contribution in [0.3, 0.4) is 0 Å². The van der Waals surface area contributed by atoms with Crippen LogP contribution >= 0.6 is 15.9 Å². The Morgan fingerprint density at radius 2 is 2.00 bits per heavy atom. The summed E-state index contributed by atoms with van der Waals surface area (Å²) in [4.78, 5) is 4.55. The number of fused-ring (bicyclic) bond motifs is 1. The van der Waals surface area contributed by atoms with Crippen molar-refractivity contribution >= 4 is 27.0 Å². The highest BCUT2D eigenvalue weighted by molar-refractivity contribution is 9.08. The zero-order chi connectivity index (χ0) is 13.2. The van der Waals surface area contributed by atoms with Crippen molar-refractivity contribution < 1.29 is 0 Å². The number of alkyl halides is 1. The first-order chi connectivity index (χ1) is 9.33. The van der Waals surface area contributed by atoms with Crippen molar-refractivity contribution in [3.63, 3.8) is 0 Å². The van der Waals surface area contributed by atoms with Gasteiger partial charge >= 0.3 is 0 Å². The Labute approximate surface area is 119 Å². The lowest BCUT2D eigenvalue weighted by molar-refractivity contribution is 1.12. The van der Waals surface area contributed by atoms with E-state index in [0.29, 0.717) is 5.82 Å². The van der Waals surface area contributed by atoms with E-state index in [0.717, 1.165) is 27.5 Å². The maximum absolute atomic E-state index is 9.36. The molecule has 1 heterocycles. The fourth-order valence-electron chi connectivity index (χ4n) is 2.11. The van der Waals surface area contributed by atoms with Crippen molar-refractivity contribution in [1.29, 1.82) is 5.26 Å². The molecule has 0 N–H and O–H groups in total. The highest BCUT2D eigenvalue weighted by atomic mass is 79.9. The van der Waals surface area contributed by atoms with Crippen LogP contribution in [-0.4, -0.2) is 9.55 Å². The highest BCUT2D eigenvalue weighted by Crippen LogP contribution is 2.25. The molecule has 4 heteroatoms. The number of halogens is 1. The second-order valence-corrected chi connectivity index (χ2v) is 4.75. The lowest BCUT2D eigenvalue weighted by Crippen LogP contribution is -1.93. The van der Waals surface area contributed by atoms with E-state index in [4.69, 9.17) is 0 Å². The monoisotopic (exact) mass is 311 g/mol. The van der Waals surface area contributed by atoms with E-state index in [-0.39, 0.29) is 0 Å². The number of nitriles is 1. The van der Waals surface area contributed by atoms with Gasteiger partial charge in [0.2, 0.25) is 0 Å². The molecular weight excluding hydrogens is 302 g/mol. The minimum atomic E-state index is 0.687. The van der Waals surface area contributed by atoms with Crippen LogP contribution in [0.4, 0.5) is 0 Å². The van der Waals surface area contributed by atoms with Gasteiger partial charge in [0.25, 0.3) is 0 Å². The first-order valence-electron chi connectivity index (χ1n) is 5.86. The number of para-hydroxylation sites is 2. The lowest BCUT2D eigenvalue weighted by Gasteiger charge is -2.02. The number of hydrogen-bond acceptors (Lipinski definition) is 2. The average Bonchev–Trinajstić information content (AvgIpc) is 2.86. The van der Waals surface area contributed by atoms with E-state index in [2.05, 4.69) is 27.1 Å². The summed E-state index contributed by atoms with van der Waals surface area (Å²) in [6.07, 6.45) is 2.20. The minimum Gasteiger partial charge on any atom is -0.228 e. The van der Waals surface area contributed by atoms with Crippen LogP contribution in [0.2, 0.25) is 0 Å². The molecule has 3 rings (SSSR count). The van der Waals surface area contributed by atoms with Crippen LogP contribution in [0.5, 0.6) is 0 Å². The van der Waals surface area contributed by atoms with Gasteiger partial charge in [-0.1, -0.05) is 46.3 Å². The second kappa shape index (κ2) is 4.87.